The van der Waals surface area contributed by atoms with Crippen LogP contribution in [-0.2, 0) is 16.6 Å². The van der Waals surface area contributed by atoms with Crippen LogP contribution in [0.3, 0.4) is 0 Å². The number of rotatable bonds is 6. The molecule has 0 bridgehead atoms. The van der Waals surface area contributed by atoms with Gasteiger partial charge < -0.3 is 14.7 Å². The van der Waals surface area contributed by atoms with Crippen molar-refractivity contribution in [2.45, 2.75) is 18.9 Å². The predicted octanol–water partition coefficient (Wildman–Crippen LogP) is 3.33. The van der Waals surface area contributed by atoms with Gasteiger partial charge in [0.1, 0.15) is 18.2 Å². The summed E-state index contributed by atoms with van der Waals surface area (Å²) in [5.41, 5.74) is 4.49. The summed E-state index contributed by atoms with van der Waals surface area (Å²) < 4.78 is 6.88. The van der Waals surface area contributed by atoms with Gasteiger partial charge in [0.25, 0.3) is 5.91 Å². The molecule has 9 nitrogen and oxygen atoms in total. The summed E-state index contributed by atoms with van der Waals surface area (Å²) in [7, 11) is 2.98. The Morgan fingerprint density at radius 3 is 2.27 bits per heavy atom. The molecule has 9 heteroatoms. The van der Waals surface area contributed by atoms with Crippen LogP contribution in [-0.4, -0.2) is 57.5 Å². The third-order valence-corrected chi connectivity index (χ3v) is 5.88. The van der Waals surface area contributed by atoms with Crippen molar-refractivity contribution in [2.75, 3.05) is 19.0 Å². The molecule has 2 N–H and O–H groups in total. The molecule has 0 unspecified atom stereocenters. The Hall–Kier alpha value is -4.14. The summed E-state index contributed by atoms with van der Waals surface area (Å²) in [4.78, 5) is 37.7. The van der Waals surface area contributed by atoms with Crippen molar-refractivity contribution in [3.05, 3.63) is 71.4 Å². The molecule has 3 aromatic rings. The van der Waals surface area contributed by atoms with Gasteiger partial charge in [-0.1, -0.05) is 48.5 Å². The number of benzene rings is 2. The van der Waals surface area contributed by atoms with Gasteiger partial charge in [-0.25, -0.2) is 9.59 Å². The first-order valence-electron chi connectivity index (χ1n) is 10.4. The van der Waals surface area contributed by atoms with E-state index >= 15 is 0 Å². The fourth-order valence-corrected chi connectivity index (χ4v) is 4.00. The monoisotopic (exact) mass is 448 g/mol. The minimum Gasteiger partial charge on any atom is -0.480 e. The van der Waals surface area contributed by atoms with Crippen LogP contribution in [0, 0.1) is 0 Å². The van der Waals surface area contributed by atoms with Gasteiger partial charge in [-0.05, 0) is 29.2 Å². The second-order valence-corrected chi connectivity index (χ2v) is 7.95. The Kier molecular flexibility index (Phi) is 5.87. The molecule has 0 fully saturated rings. The third kappa shape index (κ3) is 4.17. The molecule has 1 heterocycles. The smallest absolute Gasteiger partial charge is 0.412 e. The summed E-state index contributed by atoms with van der Waals surface area (Å²) >= 11 is 0. The molecule has 170 valence electrons. The Balaban J connectivity index is 1.48. The maximum atomic E-state index is 12.8. The molecule has 2 amide bonds. The second-order valence-electron chi connectivity index (χ2n) is 7.95. The molecule has 1 aliphatic rings. The first-order valence-corrected chi connectivity index (χ1v) is 10.4. The van der Waals surface area contributed by atoms with Crippen molar-refractivity contribution in [1.29, 1.82) is 0 Å². The standard InChI is InChI=1S/C24H24N4O5/c1-14(23(30)31)28(3)22(29)19-12-27(2)26-21(19)25-24(32)33-13-20-17-10-6-4-8-15(17)16-9-5-7-11-18(16)20/h4-12,14,20H,13H2,1-3H3,(H,30,31)(H,25,26,32)/t14-/m0/s1. The highest BCUT2D eigenvalue weighted by Crippen LogP contribution is 2.44. The number of amides is 2. The van der Waals surface area contributed by atoms with Crippen LogP contribution in [0.1, 0.15) is 34.3 Å². The number of carboxylic acid groups (broad SMARTS) is 1. The summed E-state index contributed by atoms with van der Waals surface area (Å²) in [6.07, 6.45) is 0.672. The normalized spacial score (nSPS) is 13.1. The highest BCUT2D eigenvalue weighted by molar-refractivity contribution is 6.02. The lowest BCUT2D eigenvalue weighted by molar-refractivity contribution is -0.141. The fourth-order valence-electron chi connectivity index (χ4n) is 4.00. The summed E-state index contributed by atoms with van der Waals surface area (Å²) in [6.45, 7) is 1.52. The number of hydrogen-bond acceptors (Lipinski definition) is 5. The molecule has 1 atom stereocenters. The molecule has 0 saturated heterocycles. The van der Waals surface area contributed by atoms with Gasteiger partial charge in [0.2, 0.25) is 0 Å². The number of carboxylic acids is 1. The van der Waals surface area contributed by atoms with Gasteiger partial charge in [0.05, 0.1) is 0 Å². The maximum Gasteiger partial charge on any atom is 0.412 e. The largest absolute Gasteiger partial charge is 0.480 e. The van der Waals surface area contributed by atoms with E-state index in [9.17, 15) is 19.5 Å². The summed E-state index contributed by atoms with van der Waals surface area (Å²) in [5.74, 6) is -1.81. The van der Waals surface area contributed by atoms with Gasteiger partial charge in [-0.2, -0.15) is 5.10 Å². The van der Waals surface area contributed by atoms with Crippen LogP contribution in [0.25, 0.3) is 11.1 Å². The van der Waals surface area contributed by atoms with E-state index < -0.39 is 24.0 Å². The van der Waals surface area contributed by atoms with E-state index in [0.717, 1.165) is 27.2 Å². The number of carbonyl (C=O) groups excluding carboxylic acids is 2. The average Bonchev–Trinajstić information content (AvgIpc) is 3.33. The topological polar surface area (TPSA) is 114 Å². The van der Waals surface area contributed by atoms with E-state index in [1.165, 1.54) is 24.9 Å². The third-order valence-electron chi connectivity index (χ3n) is 5.88. The number of ether oxygens (including phenoxy) is 1. The summed E-state index contributed by atoms with van der Waals surface area (Å²) in [5, 5.41) is 15.8. The van der Waals surface area contributed by atoms with Gasteiger partial charge in [-0.15, -0.1) is 0 Å². The number of fused-ring (bicyclic) bond motifs is 3. The average molecular weight is 448 g/mol. The van der Waals surface area contributed by atoms with Crippen molar-refractivity contribution in [3.8, 4) is 11.1 Å². The molecule has 0 saturated carbocycles. The Labute approximate surface area is 190 Å². The highest BCUT2D eigenvalue weighted by atomic mass is 16.5. The number of aliphatic carboxylic acids is 1. The van der Waals surface area contributed by atoms with E-state index in [0.29, 0.717) is 0 Å². The second kappa shape index (κ2) is 8.78. The van der Waals surface area contributed by atoms with Gasteiger partial charge in [-0.3, -0.25) is 14.8 Å². The molecular weight excluding hydrogens is 424 g/mol. The lowest BCUT2D eigenvalue weighted by atomic mass is 9.98. The van der Waals surface area contributed by atoms with Crippen molar-refractivity contribution < 1.29 is 24.2 Å². The highest BCUT2D eigenvalue weighted by Gasteiger charge is 2.30. The summed E-state index contributed by atoms with van der Waals surface area (Å²) in [6, 6.07) is 15.0. The number of likely N-dealkylation sites (N-methyl/N-ethyl adjacent to an activating group) is 1. The molecule has 1 aromatic heterocycles. The van der Waals surface area contributed by atoms with E-state index in [2.05, 4.69) is 22.5 Å². The van der Waals surface area contributed by atoms with E-state index in [1.54, 1.807) is 7.05 Å². The zero-order chi connectivity index (χ0) is 23.7. The minimum absolute atomic E-state index is 0.00385. The van der Waals surface area contributed by atoms with E-state index in [1.807, 2.05) is 36.4 Å². The van der Waals surface area contributed by atoms with Crippen molar-refractivity contribution >= 4 is 23.8 Å². The first kappa shape index (κ1) is 22.1. The zero-order valence-corrected chi connectivity index (χ0v) is 18.5. The van der Waals surface area contributed by atoms with Gasteiger partial charge >= 0.3 is 12.1 Å². The zero-order valence-electron chi connectivity index (χ0n) is 18.5. The minimum atomic E-state index is -1.14. The maximum absolute atomic E-state index is 12.8. The molecule has 0 radical (unpaired) electrons. The van der Waals surface area contributed by atoms with Gasteiger partial charge in [0, 0.05) is 26.2 Å². The fraction of sp³-hybridized carbons (Fsp3) is 0.250. The van der Waals surface area contributed by atoms with E-state index in [-0.39, 0.29) is 23.9 Å². The number of carbonyl (C=O) groups is 3. The number of aryl methyl sites for hydroxylation is 1. The van der Waals surface area contributed by atoms with Crippen LogP contribution in [0.5, 0.6) is 0 Å². The molecule has 1 aliphatic carbocycles. The van der Waals surface area contributed by atoms with Crippen LogP contribution < -0.4 is 5.32 Å². The van der Waals surface area contributed by atoms with Crippen molar-refractivity contribution in [2.24, 2.45) is 7.05 Å². The Morgan fingerprint density at radius 1 is 1.12 bits per heavy atom. The molecule has 2 aromatic carbocycles. The van der Waals surface area contributed by atoms with Crippen LogP contribution in [0.4, 0.5) is 10.6 Å². The molecule has 4 rings (SSSR count). The van der Waals surface area contributed by atoms with Crippen LogP contribution in [0.2, 0.25) is 0 Å². The predicted molar refractivity (Wildman–Crippen MR) is 121 cm³/mol. The number of aromatic nitrogens is 2. The molecule has 0 spiro atoms. The Morgan fingerprint density at radius 2 is 1.70 bits per heavy atom. The van der Waals surface area contributed by atoms with Crippen LogP contribution in [0.15, 0.2) is 54.7 Å². The quantitative estimate of drug-likeness (QED) is 0.598. The van der Waals surface area contributed by atoms with E-state index in [4.69, 9.17) is 4.74 Å². The lowest BCUT2D eigenvalue weighted by Gasteiger charge is -2.21. The van der Waals surface area contributed by atoms with Gasteiger partial charge in [0.15, 0.2) is 5.82 Å². The SMILES string of the molecule is C[C@@H](C(=O)O)N(C)C(=O)c1cn(C)nc1NC(=O)OCC1c2ccccc2-c2ccccc21. The van der Waals surface area contributed by atoms with Crippen molar-refractivity contribution in [1.82, 2.24) is 14.7 Å². The molecule has 33 heavy (non-hydrogen) atoms. The number of nitrogens with one attached hydrogen (secondary N) is 1. The number of hydrogen-bond donors (Lipinski definition) is 2. The molecule has 0 aliphatic heterocycles. The molecular formula is C24H24N4O5. The van der Waals surface area contributed by atoms with Crippen LogP contribution >= 0.6 is 0 Å². The Bertz CT molecular complexity index is 1190. The first-order chi connectivity index (χ1) is 15.8. The number of nitrogens with zero attached hydrogens (tertiary/aromatic N) is 3. The van der Waals surface area contributed by atoms with Crippen molar-refractivity contribution in [3.63, 3.8) is 0 Å². The lowest BCUT2D eigenvalue weighted by Crippen LogP contribution is -2.40. The number of anilines is 1.